The maximum Gasteiger partial charge on any atom is 0.251 e. The van der Waals surface area contributed by atoms with E-state index in [2.05, 4.69) is 10.3 Å². The standard InChI is InChI=1S/C11H10N2O2/c14-10(12-9-7-11(15)13-9)6-8-4-2-1-3-5-8/h1-5H,6-7H2,(H,12,13,14,15). The van der Waals surface area contributed by atoms with Gasteiger partial charge in [-0.1, -0.05) is 30.3 Å². The largest absolute Gasteiger partial charge is 0.313 e. The number of amidine groups is 1. The van der Waals surface area contributed by atoms with Crippen LogP contribution in [-0.4, -0.2) is 17.6 Å². The monoisotopic (exact) mass is 202 g/mol. The van der Waals surface area contributed by atoms with Crippen molar-refractivity contribution in [3.8, 4) is 0 Å². The molecular weight excluding hydrogens is 192 g/mol. The molecule has 1 aliphatic rings. The third-order valence-corrected chi connectivity index (χ3v) is 2.07. The number of nitrogens with zero attached hydrogens (tertiary/aromatic N) is 1. The molecule has 1 heterocycles. The molecule has 0 aliphatic carbocycles. The van der Waals surface area contributed by atoms with Crippen molar-refractivity contribution in [2.45, 2.75) is 12.8 Å². The van der Waals surface area contributed by atoms with Gasteiger partial charge >= 0.3 is 0 Å². The van der Waals surface area contributed by atoms with Crippen LogP contribution in [0, 0.1) is 0 Å². The molecule has 1 aliphatic heterocycles. The first-order valence-corrected chi connectivity index (χ1v) is 4.68. The van der Waals surface area contributed by atoms with Crippen molar-refractivity contribution < 1.29 is 9.59 Å². The molecule has 2 rings (SSSR count). The molecule has 0 spiro atoms. The predicted molar refractivity (Wildman–Crippen MR) is 55.3 cm³/mol. The Bertz CT molecular complexity index is 413. The molecule has 4 nitrogen and oxygen atoms in total. The first-order chi connectivity index (χ1) is 7.24. The summed E-state index contributed by atoms with van der Waals surface area (Å²) in [6, 6.07) is 9.39. The van der Waals surface area contributed by atoms with Crippen LogP contribution in [-0.2, 0) is 16.0 Å². The van der Waals surface area contributed by atoms with Crippen LogP contribution in [0.15, 0.2) is 35.3 Å². The number of rotatable bonds is 2. The SMILES string of the molecule is O=C(Cc1ccccc1)N=C1CC(=O)N1. The summed E-state index contributed by atoms with van der Waals surface area (Å²) in [6.07, 6.45) is 0.529. The van der Waals surface area contributed by atoms with Crippen molar-refractivity contribution in [2.75, 3.05) is 0 Å². The Morgan fingerprint density at radius 1 is 1.33 bits per heavy atom. The molecule has 15 heavy (non-hydrogen) atoms. The van der Waals surface area contributed by atoms with Crippen LogP contribution in [0.1, 0.15) is 12.0 Å². The van der Waals surface area contributed by atoms with Crippen molar-refractivity contribution in [3.63, 3.8) is 0 Å². The Labute approximate surface area is 87.0 Å². The van der Waals surface area contributed by atoms with Crippen molar-refractivity contribution in [1.82, 2.24) is 5.32 Å². The van der Waals surface area contributed by atoms with Gasteiger partial charge in [0.1, 0.15) is 5.84 Å². The highest BCUT2D eigenvalue weighted by Crippen LogP contribution is 2.02. The zero-order chi connectivity index (χ0) is 10.7. The number of hydrogen-bond donors (Lipinski definition) is 1. The lowest BCUT2D eigenvalue weighted by Gasteiger charge is -2.15. The lowest BCUT2D eigenvalue weighted by Crippen LogP contribution is -2.44. The van der Waals surface area contributed by atoms with Crippen molar-refractivity contribution in [3.05, 3.63) is 35.9 Å². The second-order valence-corrected chi connectivity index (χ2v) is 3.34. The van der Waals surface area contributed by atoms with E-state index in [1.54, 1.807) is 0 Å². The Hall–Kier alpha value is -1.97. The molecular formula is C11H10N2O2. The summed E-state index contributed by atoms with van der Waals surface area (Å²) >= 11 is 0. The molecule has 0 radical (unpaired) electrons. The van der Waals surface area contributed by atoms with E-state index in [4.69, 9.17) is 0 Å². The minimum absolute atomic E-state index is 0.0822. The average molecular weight is 202 g/mol. The molecule has 0 aromatic heterocycles. The summed E-state index contributed by atoms with van der Waals surface area (Å²) in [5.41, 5.74) is 0.928. The summed E-state index contributed by atoms with van der Waals surface area (Å²) in [6.45, 7) is 0. The van der Waals surface area contributed by atoms with E-state index in [0.717, 1.165) is 5.56 Å². The fraction of sp³-hybridized carbons (Fsp3) is 0.182. The molecule has 1 saturated heterocycles. The van der Waals surface area contributed by atoms with E-state index < -0.39 is 0 Å². The van der Waals surface area contributed by atoms with Gasteiger partial charge in [0.2, 0.25) is 5.91 Å². The second-order valence-electron chi connectivity index (χ2n) is 3.34. The van der Waals surface area contributed by atoms with Crippen LogP contribution in [0.5, 0.6) is 0 Å². The lowest BCUT2D eigenvalue weighted by molar-refractivity contribution is -0.120. The lowest BCUT2D eigenvalue weighted by atomic mass is 10.1. The summed E-state index contributed by atoms with van der Waals surface area (Å²) in [7, 11) is 0. The van der Waals surface area contributed by atoms with Crippen LogP contribution in [0.3, 0.4) is 0 Å². The van der Waals surface area contributed by atoms with E-state index in [1.807, 2.05) is 30.3 Å². The topological polar surface area (TPSA) is 58.5 Å². The first kappa shape index (κ1) is 9.58. The summed E-state index contributed by atoms with van der Waals surface area (Å²) in [4.78, 5) is 25.7. The van der Waals surface area contributed by atoms with Gasteiger partial charge in [-0.2, -0.15) is 4.99 Å². The molecule has 0 atom stereocenters. The highest BCUT2D eigenvalue weighted by atomic mass is 16.2. The maximum atomic E-state index is 11.4. The van der Waals surface area contributed by atoms with E-state index in [0.29, 0.717) is 5.84 Å². The Morgan fingerprint density at radius 3 is 2.60 bits per heavy atom. The predicted octanol–water partition coefficient (Wildman–Crippen LogP) is 0.674. The minimum atomic E-state index is -0.226. The van der Waals surface area contributed by atoms with Crippen molar-refractivity contribution in [2.24, 2.45) is 4.99 Å². The number of carbonyl (C=O) groups is 2. The highest BCUT2D eigenvalue weighted by Gasteiger charge is 2.20. The van der Waals surface area contributed by atoms with Crippen molar-refractivity contribution in [1.29, 1.82) is 0 Å². The molecule has 2 amide bonds. The molecule has 0 unspecified atom stereocenters. The summed E-state index contributed by atoms with van der Waals surface area (Å²) < 4.78 is 0. The van der Waals surface area contributed by atoms with Crippen LogP contribution in [0.25, 0.3) is 0 Å². The number of nitrogens with one attached hydrogen (secondary N) is 1. The van der Waals surface area contributed by atoms with Gasteiger partial charge in [-0.05, 0) is 5.56 Å². The van der Waals surface area contributed by atoms with Gasteiger partial charge in [-0.25, -0.2) is 0 Å². The Morgan fingerprint density at radius 2 is 2.00 bits per heavy atom. The Balaban J connectivity index is 1.94. The number of β-lactam (4-membered cyclic amide) rings is 1. The smallest absolute Gasteiger partial charge is 0.251 e. The van der Waals surface area contributed by atoms with Gasteiger partial charge < -0.3 is 5.32 Å². The molecule has 1 aromatic carbocycles. The number of aliphatic imine (C=N–C) groups is 1. The second kappa shape index (κ2) is 4.04. The molecule has 1 fully saturated rings. The number of benzene rings is 1. The Kier molecular flexibility index (Phi) is 2.58. The third kappa shape index (κ3) is 2.49. The van der Waals surface area contributed by atoms with Crippen LogP contribution in [0.2, 0.25) is 0 Å². The van der Waals surface area contributed by atoms with Crippen LogP contribution < -0.4 is 5.32 Å². The van der Waals surface area contributed by atoms with E-state index >= 15 is 0 Å². The normalized spacial score (nSPS) is 17.1. The fourth-order valence-electron chi connectivity index (χ4n) is 1.32. The van der Waals surface area contributed by atoms with Gasteiger partial charge in [-0.15, -0.1) is 0 Å². The number of amides is 2. The molecule has 76 valence electrons. The molecule has 0 bridgehead atoms. The molecule has 0 saturated carbocycles. The quantitative estimate of drug-likeness (QED) is 0.717. The van der Waals surface area contributed by atoms with E-state index in [1.165, 1.54) is 0 Å². The van der Waals surface area contributed by atoms with Gasteiger partial charge in [-0.3, -0.25) is 9.59 Å². The number of carbonyl (C=O) groups excluding carboxylic acids is 2. The molecule has 4 heteroatoms. The average Bonchev–Trinajstić information content (AvgIpc) is 2.17. The minimum Gasteiger partial charge on any atom is -0.313 e. The first-order valence-electron chi connectivity index (χ1n) is 4.68. The van der Waals surface area contributed by atoms with E-state index in [9.17, 15) is 9.59 Å². The molecule has 1 aromatic rings. The zero-order valence-electron chi connectivity index (χ0n) is 8.06. The van der Waals surface area contributed by atoms with Gasteiger partial charge in [0.05, 0.1) is 12.8 Å². The fourth-order valence-corrected chi connectivity index (χ4v) is 1.32. The summed E-state index contributed by atoms with van der Waals surface area (Å²) in [5, 5.41) is 2.45. The van der Waals surface area contributed by atoms with Gasteiger partial charge in [0.25, 0.3) is 5.91 Å². The summed E-state index contributed by atoms with van der Waals surface area (Å²) in [5.74, 6) is 0.165. The van der Waals surface area contributed by atoms with Gasteiger partial charge in [0.15, 0.2) is 0 Å². The van der Waals surface area contributed by atoms with Crippen molar-refractivity contribution >= 4 is 17.6 Å². The zero-order valence-corrected chi connectivity index (χ0v) is 8.06. The highest BCUT2D eigenvalue weighted by molar-refractivity contribution is 6.19. The maximum absolute atomic E-state index is 11.4. The van der Waals surface area contributed by atoms with Gasteiger partial charge in [0, 0.05) is 0 Å². The van der Waals surface area contributed by atoms with Crippen LogP contribution >= 0.6 is 0 Å². The molecule has 1 N–H and O–H groups in total. The third-order valence-electron chi connectivity index (χ3n) is 2.07. The number of hydrogen-bond acceptors (Lipinski definition) is 2. The van der Waals surface area contributed by atoms with Crippen LogP contribution in [0.4, 0.5) is 0 Å². The van der Waals surface area contributed by atoms with E-state index in [-0.39, 0.29) is 24.7 Å².